The van der Waals surface area contributed by atoms with E-state index in [4.69, 9.17) is 11.6 Å². The van der Waals surface area contributed by atoms with Crippen molar-refractivity contribution in [2.24, 2.45) is 0 Å². The molecule has 1 atom stereocenters. The fourth-order valence-corrected chi connectivity index (χ4v) is 3.08. The van der Waals surface area contributed by atoms with Crippen LogP contribution in [0.5, 0.6) is 5.88 Å². The Morgan fingerprint density at radius 1 is 1.41 bits per heavy atom. The van der Waals surface area contributed by atoms with Gasteiger partial charge in [0.2, 0.25) is 5.88 Å². The van der Waals surface area contributed by atoms with Crippen LogP contribution in [0.1, 0.15) is 36.8 Å². The van der Waals surface area contributed by atoms with Gasteiger partial charge in [-0.2, -0.15) is 10.4 Å². The number of nitriles is 1. The van der Waals surface area contributed by atoms with E-state index in [1.165, 1.54) is 0 Å². The highest BCUT2D eigenvalue weighted by Gasteiger charge is 2.34. The molecule has 1 aliphatic heterocycles. The van der Waals surface area contributed by atoms with Gasteiger partial charge < -0.3 is 10.4 Å². The molecule has 0 radical (unpaired) electrons. The predicted molar refractivity (Wildman–Crippen MR) is 84.7 cm³/mol. The van der Waals surface area contributed by atoms with Crippen molar-refractivity contribution in [3.63, 3.8) is 0 Å². The van der Waals surface area contributed by atoms with Crippen LogP contribution in [-0.4, -0.2) is 15.3 Å². The molecule has 1 aliphatic rings. The summed E-state index contributed by atoms with van der Waals surface area (Å²) in [5.41, 5.74) is 2.74. The maximum absolute atomic E-state index is 10.1. The number of nitrogens with one attached hydrogen (secondary N) is 2. The molecule has 0 saturated heterocycles. The SMILES string of the molecule is CCCC1=C(C#N)C(c2ccccc2Cl)c2c(n[nH]c2O)N1. The molecule has 22 heavy (non-hydrogen) atoms. The number of anilines is 1. The molecule has 1 aromatic carbocycles. The fraction of sp³-hybridized carbons (Fsp3) is 0.250. The standard InChI is InChI=1S/C16H15ClN4O/c1-2-5-12-10(8-18)13(9-6-3-4-7-11(9)17)14-15(19-12)20-21-16(14)22/h3-4,6-7,13H,2,5H2,1H3,(H3,19,20,21,22). The van der Waals surface area contributed by atoms with Crippen LogP contribution in [-0.2, 0) is 0 Å². The minimum Gasteiger partial charge on any atom is -0.493 e. The molecule has 6 heteroatoms. The van der Waals surface area contributed by atoms with Crippen LogP contribution in [0.15, 0.2) is 35.5 Å². The number of benzene rings is 1. The minimum absolute atomic E-state index is 0.0456. The van der Waals surface area contributed by atoms with Gasteiger partial charge in [-0.25, -0.2) is 5.10 Å². The van der Waals surface area contributed by atoms with Crippen LogP contribution >= 0.6 is 11.6 Å². The van der Waals surface area contributed by atoms with Gasteiger partial charge in [0.1, 0.15) is 0 Å². The van der Waals surface area contributed by atoms with Crippen molar-refractivity contribution >= 4 is 17.4 Å². The molecule has 1 aromatic heterocycles. The number of halogens is 1. The third-order valence-electron chi connectivity index (χ3n) is 3.79. The van der Waals surface area contributed by atoms with E-state index in [0.29, 0.717) is 22.0 Å². The lowest BCUT2D eigenvalue weighted by molar-refractivity contribution is 0.445. The van der Waals surface area contributed by atoms with Crippen molar-refractivity contribution < 1.29 is 5.11 Å². The number of aromatic hydroxyl groups is 1. The normalized spacial score (nSPS) is 16.9. The van der Waals surface area contributed by atoms with Gasteiger partial charge in [-0.3, -0.25) is 0 Å². The first kappa shape index (κ1) is 14.5. The Morgan fingerprint density at radius 3 is 2.86 bits per heavy atom. The number of H-pyrrole nitrogens is 1. The summed E-state index contributed by atoms with van der Waals surface area (Å²) in [4.78, 5) is 0. The summed E-state index contributed by atoms with van der Waals surface area (Å²) < 4.78 is 0. The van der Waals surface area contributed by atoms with Gasteiger partial charge in [0, 0.05) is 10.7 Å². The average Bonchev–Trinajstić information content (AvgIpc) is 2.88. The minimum atomic E-state index is -0.421. The summed E-state index contributed by atoms with van der Waals surface area (Å²) in [5, 5.41) is 30.1. The number of aromatic amines is 1. The molecule has 2 heterocycles. The Kier molecular flexibility index (Phi) is 3.78. The Hall–Kier alpha value is -2.45. The maximum atomic E-state index is 10.1. The lowest BCUT2D eigenvalue weighted by Gasteiger charge is -2.26. The Bertz CT molecular complexity index is 788. The van der Waals surface area contributed by atoms with Crippen molar-refractivity contribution in [2.45, 2.75) is 25.7 Å². The summed E-state index contributed by atoms with van der Waals surface area (Å²) >= 11 is 6.33. The summed E-state index contributed by atoms with van der Waals surface area (Å²) in [6.07, 6.45) is 1.63. The first-order valence-electron chi connectivity index (χ1n) is 7.09. The van der Waals surface area contributed by atoms with Crippen molar-refractivity contribution in [3.05, 3.63) is 51.7 Å². The highest BCUT2D eigenvalue weighted by molar-refractivity contribution is 6.31. The molecule has 0 fully saturated rings. The molecule has 5 nitrogen and oxygen atoms in total. The van der Waals surface area contributed by atoms with Gasteiger partial charge in [0.25, 0.3) is 0 Å². The molecule has 0 amide bonds. The first-order chi connectivity index (χ1) is 10.7. The van der Waals surface area contributed by atoms with Crippen LogP contribution in [0.2, 0.25) is 5.02 Å². The lowest BCUT2D eigenvalue weighted by atomic mass is 9.82. The number of allylic oxidation sites excluding steroid dienone is 2. The van der Waals surface area contributed by atoms with E-state index in [0.717, 1.165) is 24.1 Å². The van der Waals surface area contributed by atoms with Crippen molar-refractivity contribution in [1.29, 1.82) is 5.26 Å². The molecule has 0 spiro atoms. The third kappa shape index (κ3) is 2.22. The molecule has 0 bridgehead atoms. The topological polar surface area (TPSA) is 84.7 Å². The third-order valence-corrected chi connectivity index (χ3v) is 4.14. The second-order valence-electron chi connectivity index (χ2n) is 5.17. The van der Waals surface area contributed by atoms with Gasteiger partial charge in [-0.15, -0.1) is 0 Å². The van der Waals surface area contributed by atoms with Crippen LogP contribution in [0.3, 0.4) is 0 Å². The zero-order valence-corrected chi connectivity index (χ0v) is 12.8. The Morgan fingerprint density at radius 2 is 2.18 bits per heavy atom. The zero-order valence-electron chi connectivity index (χ0n) is 12.0. The van der Waals surface area contributed by atoms with E-state index < -0.39 is 5.92 Å². The molecule has 2 aromatic rings. The molecule has 1 unspecified atom stereocenters. The van der Waals surface area contributed by atoms with E-state index in [-0.39, 0.29) is 5.88 Å². The monoisotopic (exact) mass is 314 g/mol. The Balaban J connectivity index is 2.25. The van der Waals surface area contributed by atoms with Crippen molar-refractivity contribution in [3.8, 4) is 11.9 Å². The van der Waals surface area contributed by atoms with Gasteiger partial charge in [0.05, 0.1) is 23.1 Å². The van der Waals surface area contributed by atoms with Gasteiger partial charge >= 0.3 is 0 Å². The molecule has 3 rings (SSSR count). The van der Waals surface area contributed by atoms with Gasteiger partial charge in [-0.1, -0.05) is 43.1 Å². The first-order valence-corrected chi connectivity index (χ1v) is 7.47. The van der Waals surface area contributed by atoms with Crippen LogP contribution in [0.4, 0.5) is 5.82 Å². The molecule has 3 N–H and O–H groups in total. The number of aromatic nitrogens is 2. The smallest absolute Gasteiger partial charge is 0.213 e. The average molecular weight is 315 g/mol. The van der Waals surface area contributed by atoms with Crippen LogP contribution < -0.4 is 5.32 Å². The summed E-state index contributed by atoms with van der Waals surface area (Å²) in [6, 6.07) is 9.64. The highest BCUT2D eigenvalue weighted by atomic mass is 35.5. The zero-order chi connectivity index (χ0) is 15.7. The summed E-state index contributed by atoms with van der Waals surface area (Å²) in [6.45, 7) is 2.05. The van der Waals surface area contributed by atoms with Gasteiger partial charge in [-0.05, 0) is 18.1 Å². The molecule has 0 aliphatic carbocycles. The van der Waals surface area contributed by atoms with Crippen molar-refractivity contribution in [2.75, 3.05) is 5.32 Å². The number of fused-ring (bicyclic) bond motifs is 1. The predicted octanol–water partition coefficient (Wildman–Crippen LogP) is 3.90. The molecule has 112 valence electrons. The quantitative estimate of drug-likeness (QED) is 0.802. The molecular weight excluding hydrogens is 300 g/mol. The van der Waals surface area contributed by atoms with E-state index in [9.17, 15) is 10.4 Å². The second kappa shape index (κ2) is 5.74. The van der Waals surface area contributed by atoms with Crippen LogP contribution in [0.25, 0.3) is 0 Å². The second-order valence-corrected chi connectivity index (χ2v) is 5.58. The maximum Gasteiger partial charge on any atom is 0.213 e. The van der Waals surface area contributed by atoms with E-state index in [2.05, 4.69) is 21.6 Å². The highest BCUT2D eigenvalue weighted by Crippen LogP contribution is 2.46. The van der Waals surface area contributed by atoms with Crippen molar-refractivity contribution in [1.82, 2.24) is 10.2 Å². The number of nitrogens with zero attached hydrogens (tertiary/aromatic N) is 2. The van der Waals surface area contributed by atoms with Crippen LogP contribution in [0, 0.1) is 11.3 Å². The van der Waals surface area contributed by atoms with E-state index in [1.54, 1.807) is 6.07 Å². The fourth-order valence-electron chi connectivity index (χ4n) is 2.84. The largest absolute Gasteiger partial charge is 0.493 e. The summed E-state index contributed by atoms with van der Waals surface area (Å²) in [5.74, 6) is 0.0795. The van der Waals surface area contributed by atoms with E-state index in [1.807, 2.05) is 25.1 Å². The number of rotatable bonds is 3. The summed E-state index contributed by atoms with van der Waals surface area (Å²) in [7, 11) is 0. The lowest BCUT2D eigenvalue weighted by Crippen LogP contribution is -2.18. The number of hydrogen-bond donors (Lipinski definition) is 3. The molecular formula is C16H15ClN4O. The molecule has 0 saturated carbocycles. The number of hydrogen-bond acceptors (Lipinski definition) is 4. The van der Waals surface area contributed by atoms with Gasteiger partial charge in [0.15, 0.2) is 5.82 Å². The Labute approximate surface area is 133 Å². The van der Waals surface area contributed by atoms with E-state index >= 15 is 0 Å².